The summed E-state index contributed by atoms with van der Waals surface area (Å²) in [5.41, 5.74) is 9.12. The van der Waals surface area contributed by atoms with E-state index in [4.69, 9.17) is 6.35 Å². The standard InChI is InChI=1S/C24H20Br2N4.2BrH/c1-13(25)21-9-19-8-17-4-3-15(27-17)7-16-5-6-18(28-16)11-23-22(14(2)26)10-20(30-23)12-24(21)29-19;;/h3-14,29-30H,1-2H3;2*1H/i9D;;. The molecule has 0 spiro atoms. The minimum atomic E-state index is 0. The molecule has 8 heteroatoms. The number of hydrogen-bond donors (Lipinski definition) is 2. The Bertz CT molecular complexity index is 1420. The molecule has 2 unspecified atom stereocenters. The summed E-state index contributed by atoms with van der Waals surface area (Å²) in [5, 5.41) is 0. The maximum absolute atomic E-state index is 8.73. The lowest BCUT2D eigenvalue weighted by atomic mass is 10.2. The minimum absolute atomic E-state index is 0. The molecule has 3 aromatic rings. The van der Waals surface area contributed by atoms with Gasteiger partial charge in [0.05, 0.1) is 24.1 Å². The molecule has 2 aliphatic heterocycles. The Labute approximate surface area is 225 Å². The number of halogens is 4. The molecule has 0 amide bonds. The molecule has 0 saturated carbocycles. The van der Waals surface area contributed by atoms with E-state index < -0.39 is 0 Å². The number of hydrogen-bond acceptors (Lipinski definition) is 2. The van der Waals surface area contributed by atoms with E-state index in [1.165, 1.54) is 0 Å². The minimum Gasteiger partial charge on any atom is -0.355 e. The molecule has 0 aliphatic carbocycles. The van der Waals surface area contributed by atoms with E-state index >= 15 is 0 Å². The molecule has 2 aliphatic rings. The second-order valence-corrected chi connectivity index (χ2v) is 10.2. The van der Waals surface area contributed by atoms with Crippen LogP contribution in [-0.2, 0) is 0 Å². The lowest BCUT2D eigenvalue weighted by Gasteiger charge is -1.98. The molecule has 8 bridgehead atoms. The Morgan fingerprint density at radius 1 is 0.688 bits per heavy atom. The van der Waals surface area contributed by atoms with Gasteiger partial charge < -0.3 is 9.97 Å². The third kappa shape index (κ3) is 5.19. The summed E-state index contributed by atoms with van der Waals surface area (Å²) in [6.45, 7) is 4.15. The van der Waals surface area contributed by atoms with E-state index in [9.17, 15) is 0 Å². The summed E-state index contributed by atoms with van der Waals surface area (Å²) in [5.74, 6) is 0. The lowest BCUT2D eigenvalue weighted by molar-refractivity contribution is 1.15. The van der Waals surface area contributed by atoms with E-state index in [-0.39, 0.29) is 43.6 Å². The van der Waals surface area contributed by atoms with Crippen LogP contribution >= 0.6 is 65.8 Å². The van der Waals surface area contributed by atoms with Gasteiger partial charge in [0, 0.05) is 31.7 Å². The first kappa shape index (κ1) is 23.7. The second-order valence-electron chi connectivity index (χ2n) is 7.48. The fraction of sp³-hybridized carbons (Fsp3) is 0.167. The molecule has 0 saturated heterocycles. The molecular weight excluding hydrogens is 664 g/mol. The summed E-state index contributed by atoms with van der Waals surface area (Å²) < 4.78 is 8.73. The first-order valence-electron chi connectivity index (χ1n) is 10.3. The van der Waals surface area contributed by atoms with Crippen molar-refractivity contribution in [2.75, 3.05) is 0 Å². The van der Waals surface area contributed by atoms with Crippen LogP contribution in [0, 0.1) is 0 Å². The summed E-state index contributed by atoms with van der Waals surface area (Å²) in [6.07, 6.45) is 7.94. The summed E-state index contributed by atoms with van der Waals surface area (Å²) >= 11 is 7.38. The highest BCUT2D eigenvalue weighted by atomic mass is 79.9. The van der Waals surface area contributed by atoms with Gasteiger partial charge in [0.15, 0.2) is 0 Å². The molecule has 5 heterocycles. The van der Waals surface area contributed by atoms with Gasteiger partial charge in [0.25, 0.3) is 0 Å². The molecule has 5 rings (SSSR count). The van der Waals surface area contributed by atoms with Gasteiger partial charge >= 0.3 is 0 Å². The van der Waals surface area contributed by atoms with Gasteiger partial charge in [0.2, 0.25) is 0 Å². The third-order valence-electron chi connectivity index (χ3n) is 5.10. The zero-order valence-electron chi connectivity index (χ0n) is 18.3. The maximum atomic E-state index is 8.73. The maximum Gasteiger partial charge on any atom is 0.0659 e. The fourth-order valence-electron chi connectivity index (χ4n) is 3.70. The summed E-state index contributed by atoms with van der Waals surface area (Å²) in [6, 6.07) is 10.6. The first-order chi connectivity index (χ1) is 14.9. The summed E-state index contributed by atoms with van der Waals surface area (Å²) in [7, 11) is 0. The van der Waals surface area contributed by atoms with Gasteiger partial charge in [-0.3, -0.25) is 0 Å². The first-order valence-corrected chi connectivity index (χ1v) is 11.6. The Kier molecular flexibility index (Phi) is 7.54. The third-order valence-corrected chi connectivity index (χ3v) is 6.05. The van der Waals surface area contributed by atoms with Crippen LogP contribution in [0.5, 0.6) is 0 Å². The molecule has 2 N–H and O–H groups in total. The Hall–Kier alpha value is -1.48. The molecule has 2 atom stereocenters. The van der Waals surface area contributed by atoms with Crippen molar-refractivity contribution in [3.63, 3.8) is 0 Å². The van der Waals surface area contributed by atoms with Gasteiger partial charge in [-0.05, 0) is 85.7 Å². The number of aromatic amines is 2. The van der Waals surface area contributed by atoms with Crippen molar-refractivity contribution >= 4 is 112 Å². The van der Waals surface area contributed by atoms with Crippen molar-refractivity contribution in [2.24, 2.45) is 0 Å². The number of fused-ring (bicyclic) bond motifs is 8. The number of nitrogens with one attached hydrogen (secondary N) is 2. The van der Waals surface area contributed by atoms with E-state index in [0.717, 1.165) is 56.0 Å². The smallest absolute Gasteiger partial charge is 0.0659 e. The topological polar surface area (TPSA) is 57.4 Å². The predicted octanol–water partition coefficient (Wildman–Crippen LogP) is 8.72. The molecule has 0 fully saturated rings. The Balaban J connectivity index is 0.00000153. The van der Waals surface area contributed by atoms with Crippen molar-refractivity contribution in [1.82, 2.24) is 19.9 Å². The van der Waals surface area contributed by atoms with Crippen LogP contribution in [0.3, 0.4) is 0 Å². The van der Waals surface area contributed by atoms with E-state index in [0.29, 0.717) is 6.04 Å². The highest BCUT2D eigenvalue weighted by Gasteiger charge is 2.10. The van der Waals surface area contributed by atoms with E-state index in [2.05, 4.69) is 71.9 Å². The molecular formula is C24H22Br4N4. The molecule has 0 radical (unpaired) electrons. The second kappa shape index (κ2) is 10.2. The van der Waals surface area contributed by atoms with Crippen LogP contribution in [0.4, 0.5) is 0 Å². The van der Waals surface area contributed by atoms with Crippen molar-refractivity contribution in [1.29, 1.82) is 0 Å². The van der Waals surface area contributed by atoms with E-state index in [1.54, 1.807) is 0 Å². The molecule has 3 aromatic heterocycles. The molecule has 32 heavy (non-hydrogen) atoms. The van der Waals surface area contributed by atoms with Crippen LogP contribution in [0.25, 0.3) is 46.4 Å². The molecule has 4 nitrogen and oxygen atoms in total. The van der Waals surface area contributed by atoms with Crippen molar-refractivity contribution in [2.45, 2.75) is 23.5 Å². The highest BCUT2D eigenvalue weighted by molar-refractivity contribution is 9.09. The summed E-state index contributed by atoms with van der Waals surface area (Å²) in [4.78, 5) is 16.6. The van der Waals surface area contributed by atoms with Crippen LogP contribution in [0.1, 0.15) is 58.8 Å². The van der Waals surface area contributed by atoms with Crippen molar-refractivity contribution < 1.29 is 1.37 Å². The van der Waals surface area contributed by atoms with Gasteiger partial charge in [-0.2, -0.15) is 0 Å². The normalized spacial score (nSPS) is 14.3. The Morgan fingerprint density at radius 2 is 1.19 bits per heavy atom. The number of nitrogens with zero attached hydrogens (tertiary/aromatic N) is 2. The Morgan fingerprint density at radius 3 is 1.78 bits per heavy atom. The molecule has 0 aromatic carbocycles. The number of alkyl halides is 2. The zero-order chi connectivity index (χ0) is 21.7. The lowest BCUT2D eigenvalue weighted by Crippen LogP contribution is -1.81. The van der Waals surface area contributed by atoms with Gasteiger partial charge in [0.1, 0.15) is 0 Å². The van der Waals surface area contributed by atoms with Crippen LogP contribution in [-0.4, -0.2) is 19.9 Å². The van der Waals surface area contributed by atoms with Crippen LogP contribution in [0.15, 0.2) is 36.4 Å². The average molecular weight is 687 g/mol. The quantitative estimate of drug-likeness (QED) is 0.183. The molecule has 166 valence electrons. The van der Waals surface area contributed by atoms with Gasteiger partial charge in [-0.15, -0.1) is 34.0 Å². The van der Waals surface area contributed by atoms with Crippen molar-refractivity contribution in [3.8, 4) is 0 Å². The largest absolute Gasteiger partial charge is 0.355 e. The fourth-order valence-corrected chi connectivity index (χ4v) is 4.44. The SMILES string of the molecule is Br.Br.[2H]c1c(C(C)Br)c2cc3cc(C(C)Br)c(cc4nc(cc5nc(cc1[nH]2)C=C5)C=C4)[nH]3. The van der Waals surface area contributed by atoms with Gasteiger partial charge in [-0.1, -0.05) is 31.9 Å². The highest BCUT2D eigenvalue weighted by Crippen LogP contribution is 2.31. The van der Waals surface area contributed by atoms with Crippen LogP contribution < -0.4 is 0 Å². The van der Waals surface area contributed by atoms with E-state index in [1.807, 2.05) is 43.4 Å². The predicted molar refractivity (Wildman–Crippen MR) is 154 cm³/mol. The number of rotatable bonds is 2. The van der Waals surface area contributed by atoms with Gasteiger partial charge in [-0.25, -0.2) is 9.97 Å². The van der Waals surface area contributed by atoms with Crippen LogP contribution in [0.2, 0.25) is 0 Å². The van der Waals surface area contributed by atoms with Crippen molar-refractivity contribution in [3.05, 3.63) is 70.3 Å². The average Bonchev–Trinajstić information content (AvgIpc) is 3.46. The number of aromatic nitrogens is 4. The number of H-pyrrole nitrogens is 2. The monoisotopic (exact) mass is 683 g/mol. The zero-order valence-corrected chi connectivity index (χ0v) is 23.9.